The van der Waals surface area contributed by atoms with E-state index in [1.807, 2.05) is 19.1 Å². The van der Waals surface area contributed by atoms with Crippen LogP contribution in [0.2, 0.25) is 5.02 Å². The molecule has 1 fully saturated rings. The SMILES string of the molecule is CC[C@@H](C(=O)NC1CCCCC1)N(Cc1cccc(OC)c1)C(=O)CN(c1ccccc1Cl)S(C)(=O)=O. The number of nitrogens with one attached hydrogen (secondary N) is 1. The van der Waals surface area contributed by atoms with E-state index in [2.05, 4.69) is 5.32 Å². The van der Waals surface area contributed by atoms with Gasteiger partial charge < -0.3 is 15.0 Å². The van der Waals surface area contributed by atoms with Crippen molar-refractivity contribution in [2.24, 2.45) is 0 Å². The van der Waals surface area contributed by atoms with Crippen molar-refractivity contribution in [2.75, 3.05) is 24.2 Å². The molecule has 0 aliphatic heterocycles. The zero-order valence-corrected chi connectivity index (χ0v) is 23.2. The number of carbonyl (C=O) groups excluding carboxylic acids is 2. The number of carbonyl (C=O) groups is 2. The van der Waals surface area contributed by atoms with Gasteiger partial charge in [0.25, 0.3) is 0 Å². The average Bonchev–Trinajstić information content (AvgIpc) is 2.87. The van der Waals surface area contributed by atoms with Gasteiger partial charge in [-0.15, -0.1) is 0 Å². The molecule has 0 bridgehead atoms. The molecule has 2 amide bonds. The molecule has 0 heterocycles. The molecule has 1 saturated carbocycles. The maximum Gasteiger partial charge on any atom is 0.244 e. The van der Waals surface area contributed by atoms with Crippen LogP contribution >= 0.6 is 11.6 Å². The van der Waals surface area contributed by atoms with Crippen LogP contribution in [0.25, 0.3) is 0 Å². The van der Waals surface area contributed by atoms with Crippen molar-refractivity contribution in [2.45, 2.75) is 64.1 Å². The minimum Gasteiger partial charge on any atom is -0.497 e. The van der Waals surface area contributed by atoms with E-state index in [-0.39, 0.29) is 29.2 Å². The number of nitrogens with zero attached hydrogens (tertiary/aromatic N) is 2. The normalized spacial score (nSPS) is 15.0. The predicted molar refractivity (Wildman–Crippen MR) is 146 cm³/mol. The summed E-state index contributed by atoms with van der Waals surface area (Å²) in [5.74, 6) is -0.105. The van der Waals surface area contributed by atoms with Crippen molar-refractivity contribution in [3.63, 3.8) is 0 Å². The van der Waals surface area contributed by atoms with Gasteiger partial charge >= 0.3 is 0 Å². The molecule has 3 rings (SSSR count). The molecule has 0 aromatic heterocycles. The molecule has 2 aromatic carbocycles. The van der Waals surface area contributed by atoms with Crippen molar-refractivity contribution < 1.29 is 22.7 Å². The molecule has 1 aliphatic carbocycles. The van der Waals surface area contributed by atoms with Gasteiger partial charge in [-0.05, 0) is 49.1 Å². The summed E-state index contributed by atoms with van der Waals surface area (Å²) in [5.41, 5.74) is 0.973. The lowest BCUT2D eigenvalue weighted by Gasteiger charge is -2.34. The standard InChI is InChI=1S/C27H36ClN3O5S/c1-4-24(27(33)29-21-12-6-5-7-13-21)30(18-20-11-10-14-22(17-20)36-2)26(32)19-31(37(3,34)35)25-16-9-8-15-23(25)28/h8-11,14-17,21,24H,4-7,12-13,18-19H2,1-3H3,(H,29,33)/t24-/m0/s1. The maximum absolute atomic E-state index is 13.8. The second-order valence-electron chi connectivity index (χ2n) is 9.36. The van der Waals surface area contributed by atoms with Gasteiger partial charge in [0.15, 0.2) is 0 Å². The van der Waals surface area contributed by atoms with Crippen LogP contribution in [0.3, 0.4) is 0 Å². The number of hydrogen-bond donors (Lipinski definition) is 1. The van der Waals surface area contributed by atoms with Crippen molar-refractivity contribution in [3.05, 3.63) is 59.1 Å². The van der Waals surface area contributed by atoms with Gasteiger partial charge in [-0.3, -0.25) is 13.9 Å². The van der Waals surface area contributed by atoms with Gasteiger partial charge in [-0.2, -0.15) is 0 Å². The molecule has 8 nitrogen and oxygen atoms in total. The topological polar surface area (TPSA) is 96.0 Å². The summed E-state index contributed by atoms with van der Waals surface area (Å²) in [6, 6.07) is 13.0. The highest BCUT2D eigenvalue weighted by Crippen LogP contribution is 2.28. The molecule has 0 spiro atoms. The van der Waals surface area contributed by atoms with Crippen LogP contribution in [0.1, 0.15) is 51.0 Å². The molecule has 202 valence electrons. The Morgan fingerprint density at radius 1 is 1.11 bits per heavy atom. The Labute approximate surface area is 225 Å². The van der Waals surface area contributed by atoms with E-state index in [0.29, 0.717) is 12.2 Å². The summed E-state index contributed by atoms with van der Waals surface area (Å²) in [7, 11) is -2.29. The van der Waals surface area contributed by atoms with Gasteiger partial charge in [-0.1, -0.05) is 62.1 Å². The van der Waals surface area contributed by atoms with Crippen molar-refractivity contribution in [1.29, 1.82) is 0 Å². The smallest absolute Gasteiger partial charge is 0.244 e. The fraction of sp³-hybridized carbons (Fsp3) is 0.481. The molecule has 1 aliphatic rings. The molecule has 1 N–H and O–H groups in total. The first kappa shape index (κ1) is 28.8. The number of hydrogen-bond acceptors (Lipinski definition) is 5. The maximum atomic E-state index is 13.8. The van der Waals surface area contributed by atoms with Crippen LogP contribution in [0.5, 0.6) is 5.75 Å². The second-order valence-corrected chi connectivity index (χ2v) is 11.7. The fourth-order valence-corrected chi connectivity index (χ4v) is 5.83. The fourth-order valence-electron chi connectivity index (χ4n) is 4.68. The van der Waals surface area contributed by atoms with Crippen LogP contribution in [0.4, 0.5) is 5.69 Å². The highest BCUT2D eigenvalue weighted by molar-refractivity contribution is 7.92. The van der Waals surface area contributed by atoms with Gasteiger partial charge in [0.1, 0.15) is 18.3 Å². The Balaban J connectivity index is 1.93. The number of amides is 2. The number of para-hydroxylation sites is 1. The first-order chi connectivity index (χ1) is 17.6. The summed E-state index contributed by atoms with van der Waals surface area (Å²) in [6.45, 7) is 1.48. The third-order valence-corrected chi connectivity index (χ3v) is 8.07. The minimum absolute atomic E-state index is 0.0831. The molecular formula is C27H36ClN3O5S. The summed E-state index contributed by atoms with van der Waals surface area (Å²) in [6.07, 6.45) is 6.53. The quantitative estimate of drug-likeness (QED) is 0.449. The predicted octanol–water partition coefficient (Wildman–Crippen LogP) is 4.37. The highest BCUT2D eigenvalue weighted by atomic mass is 35.5. The number of ether oxygens (including phenoxy) is 1. The largest absolute Gasteiger partial charge is 0.497 e. The number of rotatable bonds is 11. The van der Waals surface area contributed by atoms with E-state index in [9.17, 15) is 18.0 Å². The minimum atomic E-state index is -3.85. The number of sulfonamides is 1. The molecule has 37 heavy (non-hydrogen) atoms. The van der Waals surface area contributed by atoms with Crippen LogP contribution < -0.4 is 14.4 Å². The van der Waals surface area contributed by atoms with Gasteiger partial charge in [0.05, 0.1) is 24.1 Å². The summed E-state index contributed by atoms with van der Waals surface area (Å²) < 4.78 is 31.8. The Morgan fingerprint density at radius 3 is 2.43 bits per heavy atom. The third-order valence-electron chi connectivity index (χ3n) is 6.62. The molecule has 0 radical (unpaired) electrons. The second kappa shape index (κ2) is 13.1. The van der Waals surface area contributed by atoms with Gasteiger partial charge in [-0.25, -0.2) is 8.42 Å². The zero-order chi connectivity index (χ0) is 27.0. The van der Waals surface area contributed by atoms with E-state index in [1.54, 1.807) is 43.5 Å². The first-order valence-corrected chi connectivity index (χ1v) is 14.8. The van der Waals surface area contributed by atoms with Crippen LogP contribution in [-0.4, -0.2) is 57.1 Å². The van der Waals surface area contributed by atoms with E-state index >= 15 is 0 Å². The zero-order valence-electron chi connectivity index (χ0n) is 21.7. The van der Waals surface area contributed by atoms with Crippen LogP contribution in [-0.2, 0) is 26.2 Å². The summed E-state index contributed by atoms with van der Waals surface area (Å²) >= 11 is 6.29. The Kier molecular flexibility index (Phi) is 10.2. The molecule has 0 saturated heterocycles. The Hall–Kier alpha value is -2.78. The average molecular weight is 550 g/mol. The molecule has 10 heteroatoms. The first-order valence-electron chi connectivity index (χ1n) is 12.6. The lowest BCUT2D eigenvalue weighted by atomic mass is 9.95. The molecule has 1 atom stereocenters. The number of methoxy groups -OCH3 is 1. The molecule has 2 aromatic rings. The third kappa shape index (κ3) is 7.85. The van der Waals surface area contributed by atoms with Crippen LogP contribution in [0.15, 0.2) is 48.5 Å². The number of benzene rings is 2. The monoisotopic (exact) mass is 549 g/mol. The van der Waals surface area contributed by atoms with E-state index in [1.165, 1.54) is 4.90 Å². The Morgan fingerprint density at radius 2 is 1.81 bits per heavy atom. The summed E-state index contributed by atoms with van der Waals surface area (Å²) in [5, 5.41) is 3.34. The van der Waals surface area contributed by atoms with E-state index < -0.39 is 28.5 Å². The number of anilines is 1. The lowest BCUT2D eigenvalue weighted by Crippen LogP contribution is -2.54. The van der Waals surface area contributed by atoms with Crippen LogP contribution in [0, 0.1) is 0 Å². The van der Waals surface area contributed by atoms with Gasteiger partial charge in [0.2, 0.25) is 21.8 Å². The molecule has 0 unspecified atom stereocenters. The lowest BCUT2D eigenvalue weighted by molar-refractivity contribution is -0.140. The van der Waals surface area contributed by atoms with E-state index in [0.717, 1.165) is 48.2 Å². The molecular weight excluding hydrogens is 514 g/mol. The van der Waals surface area contributed by atoms with Gasteiger partial charge in [0, 0.05) is 12.6 Å². The van der Waals surface area contributed by atoms with E-state index in [4.69, 9.17) is 16.3 Å². The summed E-state index contributed by atoms with van der Waals surface area (Å²) in [4.78, 5) is 28.7. The van der Waals surface area contributed by atoms with Crippen molar-refractivity contribution in [1.82, 2.24) is 10.2 Å². The van der Waals surface area contributed by atoms with Crippen molar-refractivity contribution in [3.8, 4) is 5.75 Å². The number of halogens is 1. The highest BCUT2D eigenvalue weighted by Gasteiger charge is 2.33. The Bertz CT molecular complexity index is 1180. The van der Waals surface area contributed by atoms with Crippen molar-refractivity contribution >= 4 is 39.1 Å².